The van der Waals surface area contributed by atoms with Gasteiger partial charge in [0.15, 0.2) is 0 Å². The Morgan fingerprint density at radius 2 is 1.96 bits per heavy atom. The van der Waals surface area contributed by atoms with Gasteiger partial charge in [-0.25, -0.2) is 4.98 Å². The lowest BCUT2D eigenvalue weighted by atomic mass is 10.2. The molecule has 28 heavy (non-hydrogen) atoms. The van der Waals surface area contributed by atoms with Crippen LogP contribution in [0, 0.1) is 0 Å². The van der Waals surface area contributed by atoms with Gasteiger partial charge < -0.3 is 10.1 Å². The first-order valence-corrected chi connectivity index (χ1v) is 10.2. The highest BCUT2D eigenvalue weighted by atomic mass is 32.2. The third-order valence-corrected chi connectivity index (χ3v) is 5.43. The molecular formula is C21H22N4O2S. The summed E-state index contributed by atoms with van der Waals surface area (Å²) in [4.78, 5) is 16.9. The molecule has 144 valence electrons. The topological polar surface area (TPSA) is 79.9 Å². The fourth-order valence-corrected chi connectivity index (χ4v) is 3.41. The first-order chi connectivity index (χ1) is 13.7. The number of nitrogens with one attached hydrogen (secondary N) is 2. The highest BCUT2D eigenvalue weighted by Gasteiger charge is 2.27. The van der Waals surface area contributed by atoms with E-state index in [0.717, 1.165) is 22.8 Å². The number of hydrogen-bond acceptors (Lipinski definition) is 5. The Bertz CT molecular complexity index is 923. The molecule has 1 aliphatic carbocycles. The van der Waals surface area contributed by atoms with E-state index < -0.39 is 0 Å². The minimum atomic E-state index is -0.295. The van der Waals surface area contributed by atoms with Crippen molar-refractivity contribution >= 4 is 23.4 Å². The molecular weight excluding hydrogens is 372 g/mol. The lowest BCUT2D eigenvalue weighted by Crippen LogP contribution is -2.22. The molecule has 1 aliphatic rings. The molecule has 1 atom stereocenters. The normalized spacial score (nSPS) is 14.5. The highest BCUT2D eigenvalue weighted by molar-refractivity contribution is 8.00. The molecule has 0 aliphatic heterocycles. The maximum Gasteiger partial charge on any atom is 0.237 e. The van der Waals surface area contributed by atoms with Crippen molar-refractivity contribution in [3.8, 4) is 5.75 Å². The van der Waals surface area contributed by atoms with Crippen LogP contribution in [0.3, 0.4) is 0 Å². The van der Waals surface area contributed by atoms with E-state index in [2.05, 4.69) is 20.5 Å². The molecule has 2 N–H and O–H groups in total. The number of amides is 1. The van der Waals surface area contributed by atoms with E-state index >= 15 is 0 Å². The van der Waals surface area contributed by atoms with Crippen LogP contribution in [0.2, 0.25) is 0 Å². The molecule has 0 spiro atoms. The Kier molecular flexibility index (Phi) is 5.62. The predicted molar refractivity (Wildman–Crippen MR) is 110 cm³/mol. The van der Waals surface area contributed by atoms with Crippen LogP contribution < -0.4 is 10.1 Å². The van der Waals surface area contributed by atoms with E-state index in [1.165, 1.54) is 24.6 Å². The molecule has 1 aromatic heterocycles. The molecule has 1 fully saturated rings. The van der Waals surface area contributed by atoms with Gasteiger partial charge in [-0.3, -0.25) is 9.89 Å². The van der Waals surface area contributed by atoms with Crippen LogP contribution in [0.25, 0.3) is 0 Å². The summed E-state index contributed by atoms with van der Waals surface area (Å²) in [6, 6.07) is 17.4. The number of carbonyl (C=O) groups is 1. The maximum absolute atomic E-state index is 12.4. The summed E-state index contributed by atoms with van der Waals surface area (Å²) in [5, 5.41) is 10.4. The van der Waals surface area contributed by atoms with E-state index in [-0.39, 0.29) is 11.2 Å². The smallest absolute Gasteiger partial charge is 0.237 e. The summed E-state index contributed by atoms with van der Waals surface area (Å²) in [6.07, 6.45) is 2.33. The van der Waals surface area contributed by atoms with Crippen molar-refractivity contribution in [2.45, 2.75) is 42.7 Å². The quantitative estimate of drug-likeness (QED) is 0.554. The number of thioether (sulfide) groups is 1. The van der Waals surface area contributed by atoms with Crippen molar-refractivity contribution in [3.63, 3.8) is 0 Å². The molecule has 3 aromatic rings. The summed E-state index contributed by atoms with van der Waals surface area (Å²) in [6.45, 7) is 2.37. The summed E-state index contributed by atoms with van der Waals surface area (Å²) < 4.78 is 5.77. The number of benzene rings is 2. The number of H-pyrrole nitrogens is 1. The molecule has 7 heteroatoms. The summed E-state index contributed by atoms with van der Waals surface area (Å²) >= 11 is 1.36. The second-order valence-corrected chi connectivity index (χ2v) is 8.13. The van der Waals surface area contributed by atoms with Crippen LogP contribution in [0.15, 0.2) is 59.8 Å². The van der Waals surface area contributed by atoms with Crippen molar-refractivity contribution in [2.24, 2.45) is 0 Å². The second-order valence-electron chi connectivity index (χ2n) is 6.83. The molecule has 1 heterocycles. The molecule has 0 saturated heterocycles. The number of aromatic amines is 1. The number of carbonyl (C=O) groups excluding carboxylic acids is 1. The molecule has 1 amide bonds. The molecule has 0 radical (unpaired) electrons. The number of anilines is 1. The number of hydrogen-bond donors (Lipinski definition) is 2. The SMILES string of the molecule is CC(Sc1n[nH]c(C2CC2)n1)C(=O)Nc1ccc(OCc2ccccc2)cc1. The first-order valence-electron chi connectivity index (χ1n) is 9.34. The lowest BCUT2D eigenvalue weighted by Gasteiger charge is -2.11. The Labute approximate surface area is 168 Å². The van der Waals surface area contributed by atoms with Crippen molar-refractivity contribution in [1.82, 2.24) is 15.2 Å². The number of ether oxygens (including phenoxy) is 1. The van der Waals surface area contributed by atoms with Crippen LogP contribution in [-0.2, 0) is 11.4 Å². The molecule has 0 bridgehead atoms. The van der Waals surface area contributed by atoms with Gasteiger partial charge in [0.1, 0.15) is 18.2 Å². The van der Waals surface area contributed by atoms with Crippen molar-refractivity contribution < 1.29 is 9.53 Å². The molecule has 2 aromatic carbocycles. The Morgan fingerprint density at radius 3 is 2.68 bits per heavy atom. The van der Waals surface area contributed by atoms with Crippen LogP contribution in [0.5, 0.6) is 5.75 Å². The highest BCUT2D eigenvalue weighted by Crippen LogP contribution is 2.38. The molecule has 1 saturated carbocycles. The zero-order valence-corrected chi connectivity index (χ0v) is 16.4. The lowest BCUT2D eigenvalue weighted by molar-refractivity contribution is -0.115. The maximum atomic E-state index is 12.4. The molecule has 1 unspecified atom stereocenters. The summed E-state index contributed by atoms with van der Waals surface area (Å²) in [7, 11) is 0. The van der Waals surface area contributed by atoms with Crippen LogP contribution >= 0.6 is 11.8 Å². The predicted octanol–water partition coefficient (Wildman–Crippen LogP) is 4.38. The average Bonchev–Trinajstić information content (AvgIpc) is 3.47. The van der Waals surface area contributed by atoms with Crippen molar-refractivity contribution in [1.29, 1.82) is 0 Å². The van der Waals surface area contributed by atoms with Gasteiger partial charge >= 0.3 is 0 Å². The second kappa shape index (κ2) is 8.48. The Hall–Kier alpha value is -2.80. The Morgan fingerprint density at radius 1 is 1.21 bits per heavy atom. The third-order valence-electron chi connectivity index (χ3n) is 4.47. The number of nitrogens with zero attached hydrogens (tertiary/aromatic N) is 2. The van der Waals surface area contributed by atoms with Gasteiger partial charge in [-0.05, 0) is 49.6 Å². The van der Waals surface area contributed by atoms with Crippen LogP contribution in [0.4, 0.5) is 5.69 Å². The van der Waals surface area contributed by atoms with E-state index in [1.54, 1.807) is 0 Å². The van der Waals surface area contributed by atoms with Gasteiger partial charge in [0.2, 0.25) is 11.1 Å². The monoisotopic (exact) mass is 394 g/mol. The minimum absolute atomic E-state index is 0.0827. The summed E-state index contributed by atoms with van der Waals surface area (Å²) in [5.41, 5.74) is 1.85. The zero-order valence-electron chi connectivity index (χ0n) is 15.6. The minimum Gasteiger partial charge on any atom is -0.489 e. The van der Waals surface area contributed by atoms with Gasteiger partial charge in [-0.1, -0.05) is 42.1 Å². The fraction of sp³-hybridized carbons (Fsp3) is 0.286. The van der Waals surface area contributed by atoms with Gasteiger partial charge in [0, 0.05) is 11.6 Å². The van der Waals surface area contributed by atoms with E-state index in [9.17, 15) is 4.79 Å². The largest absolute Gasteiger partial charge is 0.489 e. The van der Waals surface area contributed by atoms with E-state index in [1.807, 2.05) is 61.5 Å². The van der Waals surface area contributed by atoms with Crippen molar-refractivity contribution in [3.05, 3.63) is 66.0 Å². The van der Waals surface area contributed by atoms with Crippen LogP contribution in [-0.4, -0.2) is 26.3 Å². The average molecular weight is 395 g/mol. The van der Waals surface area contributed by atoms with Gasteiger partial charge in [0.05, 0.1) is 5.25 Å². The fourth-order valence-electron chi connectivity index (χ4n) is 2.68. The van der Waals surface area contributed by atoms with Crippen LogP contribution in [0.1, 0.15) is 37.1 Å². The summed E-state index contributed by atoms with van der Waals surface area (Å²) in [5.74, 6) is 2.13. The zero-order chi connectivity index (χ0) is 19.3. The molecule has 4 rings (SSSR count). The first kappa shape index (κ1) is 18.6. The van der Waals surface area contributed by atoms with Crippen molar-refractivity contribution in [2.75, 3.05) is 5.32 Å². The van der Waals surface area contributed by atoms with Gasteiger partial charge in [-0.15, -0.1) is 5.10 Å². The standard InChI is InChI=1S/C21H22N4O2S/c1-14(28-21-23-19(24-25-21)16-7-8-16)20(26)22-17-9-11-18(12-10-17)27-13-15-5-3-2-4-6-15/h2-6,9-12,14,16H,7-8,13H2,1H3,(H,22,26)(H,23,24,25). The number of aromatic nitrogens is 3. The van der Waals surface area contributed by atoms with E-state index in [0.29, 0.717) is 17.7 Å². The Balaban J connectivity index is 1.27. The van der Waals surface area contributed by atoms with E-state index in [4.69, 9.17) is 4.74 Å². The van der Waals surface area contributed by atoms with Gasteiger partial charge in [-0.2, -0.15) is 0 Å². The number of rotatable bonds is 8. The van der Waals surface area contributed by atoms with Gasteiger partial charge in [0.25, 0.3) is 0 Å². The third kappa shape index (κ3) is 4.92. The molecule has 6 nitrogen and oxygen atoms in total.